The average molecular weight is 373 g/mol. The molecule has 0 aliphatic rings. The van der Waals surface area contributed by atoms with Crippen LogP contribution in [-0.4, -0.2) is 28.4 Å². The van der Waals surface area contributed by atoms with Crippen LogP contribution in [0.3, 0.4) is 0 Å². The van der Waals surface area contributed by atoms with Gasteiger partial charge in [0.15, 0.2) is 5.16 Å². The van der Waals surface area contributed by atoms with Crippen LogP contribution in [-0.2, 0) is 11.3 Å². The summed E-state index contributed by atoms with van der Waals surface area (Å²) in [6, 6.07) is 5.10. The SMILES string of the molecule is CCOC(=O)c1cnc(SC)n(Cc2ccc(Cl)c(Cl)c2)c1=O. The quantitative estimate of drug-likeness (QED) is 0.456. The number of hydrogen-bond acceptors (Lipinski definition) is 5. The van der Waals surface area contributed by atoms with Crippen LogP contribution >= 0.6 is 35.0 Å². The van der Waals surface area contributed by atoms with Gasteiger partial charge in [-0.05, 0) is 30.9 Å². The van der Waals surface area contributed by atoms with Crippen molar-refractivity contribution in [1.82, 2.24) is 9.55 Å². The summed E-state index contributed by atoms with van der Waals surface area (Å²) < 4.78 is 6.30. The van der Waals surface area contributed by atoms with E-state index in [9.17, 15) is 9.59 Å². The van der Waals surface area contributed by atoms with Crippen LogP contribution in [0.1, 0.15) is 22.8 Å². The largest absolute Gasteiger partial charge is 0.462 e. The number of halogens is 2. The molecule has 8 heteroatoms. The van der Waals surface area contributed by atoms with Crippen molar-refractivity contribution in [2.75, 3.05) is 12.9 Å². The highest BCUT2D eigenvalue weighted by Gasteiger charge is 2.17. The molecule has 0 bridgehead atoms. The van der Waals surface area contributed by atoms with E-state index in [4.69, 9.17) is 27.9 Å². The van der Waals surface area contributed by atoms with Crippen molar-refractivity contribution in [2.45, 2.75) is 18.6 Å². The molecule has 23 heavy (non-hydrogen) atoms. The number of carbonyl (C=O) groups excluding carboxylic acids is 1. The molecule has 1 aromatic carbocycles. The Hall–Kier alpha value is -1.50. The minimum absolute atomic E-state index is 0.0929. The van der Waals surface area contributed by atoms with Crippen molar-refractivity contribution in [3.8, 4) is 0 Å². The molecule has 1 aromatic heterocycles. The Kier molecular flexibility index (Phi) is 6.10. The third-order valence-corrected chi connectivity index (χ3v) is 4.44. The smallest absolute Gasteiger partial charge is 0.345 e. The fourth-order valence-corrected chi connectivity index (χ4v) is 2.80. The maximum absolute atomic E-state index is 12.6. The van der Waals surface area contributed by atoms with E-state index in [0.29, 0.717) is 15.2 Å². The van der Waals surface area contributed by atoms with Crippen molar-refractivity contribution in [3.63, 3.8) is 0 Å². The zero-order chi connectivity index (χ0) is 17.0. The van der Waals surface area contributed by atoms with E-state index in [1.54, 1.807) is 31.4 Å². The van der Waals surface area contributed by atoms with Crippen molar-refractivity contribution >= 4 is 40.9 Å². The normalized spacial score (nSPS) is 10.6. The van der Waals surface area contributed by atoms with Gasteiger partial charge >= 0.3 is 5.97 Å². The van der Waals surface area contributed by atoms with E-state index in [-0.39, 0.29) is 18.7 Å². The first-order valence-corrected chi connectivity index (χ1v) is 8.70. The number of aromatic nitrogens is 2. The Bertz CT molecular complexity index is 793. The first kappa shape index (κ1) is 17.8. The molecule has 0 aliphatic carbocycles. The summed E-state index contributed by atoms with van der Waals surface area (Å²) in [7, 11) is 0. The van der Waals surface area contributed by atoms with Gasteiger partial charge in [0, 0.05) is 0 Å². The highest BCUT2D eigenvalue weighted by molar-refractivity contribution is 7.98. The summed E-state index contributed by atoms with van der Waals surface area (Å²) in [6.07, 6.45) is 3.05. The van der Waals surface area contributed by atoms with Crippen LogP contribution in [0, 0.1) is 0 Å². The lowest BCUT2D eigenvalue weighted by molar-refractivity contribution is 0.0522. The van der Waals surface area contributed by atoms with Crippen LogP contribution in [0.4, 0.5) is 0 Å². The number of benzene rings is 1. The highest BCUT2D eigenvalue weighted by atomic mass is 35.5. The van der Waals surface area contributed by atoms with Crippen molar-refractivity contribution < 1.29 is 9.53 Å². The Morgan fingerprint density at radius 2 is 2.09 bits per heavy atom. The van der Waals surface area contributed by atoms with Crippen molar-refractivity contribution in [3.05, 3.63) is 55.9 Å². The molecular formula is C15H14Cl2N2O3S. The molecule has 0 saturated heterocycles. The van der Waals surface area contributed by atoms with Gasteiger partial charge < -0.3 is 4.74 Å². The Morgan fingerprint density at radius 3 is 2.70 bits per heavy atom. The van der Waals surface area contributed by atoms with E-state index >= 15 is 0 Å². The van der Waals surface area contributed by atoms with Gasteiger partial charge in [0.25, 0.3) is 5.56 Å². The number of carbonyl (C=O) groups is 1. The number of thioether (sulfide) groups is 1. The second-order valence-corrected chi connectivity index (χ2v) is 6.11. The molecule has 2 aromatic rings. The monoisotopic (exact) mass is 372 g/mol. The number of hydrogen-bond donors (Lipinski definition) is 0. The van der Waals surface area contributed by atoms with Crippen LogP contribution < -0.4 is 5.56 Å². The fraction of sp³-hybridized carbons (Fsp3) is 0.267. The average Bonchev–Trinajstić information content (AvgIpc) is 2.52. The zero-order valence-corrected chi connectivity index (χ0v) is 14.8. The summed E-state index contributed by atoms with van der Waals surface area (Å²) in [5.74, 6) is -0.680. The summed E-state index contributed by atoms with van der Waals surface area (Å²) in [4.78, 5) is 28.6. The number of esters is 1. The summed E-state index contributed by atoms with van der Waals surface area (Å²) in [5, 5.41) is 1.33. The third kappa shape index (κ3) is 4.07. The van der Waals surface area contributed by atoms with E-state index in [2.05, 4.69) is 4.98 Å². The molecule has 5 nitrogen and oxygen atoms in total. The van der Waals surface area contributed by atoms with Crippen LogP contribution in [0.5, 0.6) is 0 Å². The van der Waals surface area contributed by atoms with Gasteiger partial charge in [0.05, 0.1) is 29.4 Å². The molecule has 1 heterocycles. The zero-order valence-electron chi connectivity index (χ0n) is 12.5. The van der Waals surface area contributed by atoms with Crippen molar-refractivity contribution in [2.24, 2.45) is 0 Å². The maximum Gasteiger partial charge on any atom is 0.345 e. The molecule has 0 fully saturated rings. The van der Waals surface area contributed by atoms with Gasteiger partial charge in [-0.1, -0.05) is 41.0 Å². The maximum atomic E-state index is 12.6. The predicted molar refractivity (Wildman–Crippen MR) is 91.8 cm³/mol. The van der Waals surface area contributed by atoms with Gasteiger partial charge in [-0.3, -0.25) is 9.36 Å². The standard InChI is InChI=1S/C15H14Cl2N2O3S/c1-3-22-14(21)10-7-18-15(23-2)19(13(10)20)8-9-4-5-11(16)12(17)6-9/h4-7H,3,8H2,1-2H3. The molecule has 0 radical (unpaired) electrons. The van der Waals surface area contributed by atoms with Gasteiger partial charge in [0.1, 0.15) is 5.56 Å². The first-order valence-electron chi connectivity index (χ1n) is 6.72. The minimum atomic E-state index is -0.680. The van der Waals surface area contributed by atoms with Gasteiger partial charge in [0.2, 0.25) is 0 Å². The molecule has 0 amide bonds. The van der Waals surface area contributed by atoms with E-state index in [1.165, 1.54) is 22.5 Å². The van der Waals surface area contributed by atoms with Crippen LogP contribution in [0.2, 0.25) is 10.0 Å². The molecule has 0 N–H and O–H groups in total. The van der Waals surface area contributed by atoms with E-state index < -0.39 is 11.5 Å². The molecule has 0 unspecified atom stereocenters. The topological polar surface area (TPSA) is 61.2 Å². The van der Waals surface area contributed by atoms with Gasteiger partial charge in [-0.15, -0.1) is 0 Å². The van der Waals surface area contributed by atoms with E-state index in [1.807, 2.05) is 0 Å². The fourth-order valence-electron chi connectivity index (χ4n) is 1.95. The Balaban J connectivity index is 2.46. The second kappa shape index (κ2) is 7.86. The number of nitrogens with zero attached hydrogens (tertiary/aromatic N) is 2. The lowest BCUT2D eigenvalue weighted by atomic mass is 10.2. The molecule has 0 aliphatic heterocycles. The second-order valence-electron chi connectivity index (χ2n) is 4.52. The summed E-state index contributed by atoms with van der Waals surface area (Å²) >= 11 is 13.2. The predicted octanol–water partition coefficient (Wildman–Crippen LogP) is 3.50. The third-order valence-electron chi connectivity index (χ3n) is 3.01. The molecule has 0 spiro atoms. The lowest BCUT2D eigenvalue weighted by Gasteiger charge is -2.12. The lowest BCUT2D eigenvalue weighted by Crippen LogP contribution is -2.29. The summed E-state index contributed by atoms with van der Waals surface area (Å²) in [6.45, 7) is 2.09. The van der Waals surface area contributed by atoms with Crippen molar-refractivity contribution in [1.29, 1.82) is 0 Å². The minimum Gasteiger partial charge on any atom is -0.462 e. The van der Waals surface area contributed by atoms with Crippen LogP contribution in [0.15, 0.2) is 34.3 Å². The van der Waals surface area contributed by atoms with Crippen LogP contribution in [0.25, 0.3) is 0 Å². The number of rotatable bonds is 5. The van der Waals surface area contributed by atoms with Gasteiger partial charge in [-0.25, -0.2) is 9.78 Å². The molecule has 0 atom stereocenters. The Morgan fingerprint density at radius 1 is 1.35 bits per heavy atom. The van der Waals surface area contributed by atoms with Gasteiger partial charge in [-0.2, -0.15) is 0 Å². The molecule has 0 saturated carbocycles. The molecular weight excluding hydrogens is 359 g/mol. The molecule has 2 rings (SSSR count). The summed E-state index contributed by atoms with van der Waals surface area (Å²) in [5.41, 5.74) is 0.234. The first-order chi connectivity index (χ1) is 11.0. The highest BCUT2D eigenvalue weighted by Crippen LogP contribution is 2.23. The number of ether oxygens (including phenoxy) is 1. The Labute approximate surface area is 147 Å². The van der Waals surface area contributed by atoms with E-state index in [0.717, 1.165) is 5.56 Å². The molecule has 122 valence electrons.